The third-order valence-corrected chi connectivity index (χ3v) is 1.26. The SMILES string of the molecule is C=N/C=C(/Cl)C(C)=NC. The molecular weight excluding hydrogens is 136 g/mol. The van der Waals surface area contributed by atoms with E-state index in [9.17, 15) is 0 Å². The van der Waals surface area contributed by atoms with Gasteiger partial charge >= 0.3 is 0 Å². The zero-order valence-electron chi connectivity index (χ0n) is 5.56. The van der Waals surface area contributed by atoms with Crippen molar-refractivity contribution < 1.29 is 0 Å². The quantitative estimate of drug-likeness (QED) is 0.529. The molecule has 0 unspecified atom stereocenters. The van der Waals surface area contributed by atoms with Crippen molar-refractivity contribution in [1.82, 2.24) is 0 Å². The topological polar surface area (TPSA) is 24.7 Å². The number of hydrogen-bond donors (Lipinski definition) is 0. The Labute approximate surface area is 60.0 Å². The van der Waals surface area contributed by atoms with Gasteiger partial charge in [0.25, 0.3) is 0 Å². The third-order valence-electron chi connectivity index (χ3n) is 0.886. The van der Waals surface area contributed by atoms with Crippen molar-refractivity contribution in [1.29, 1.82) is 0 Å². The fourth-order valence-electron chi connectivity index (χ4n) is 0.280. The summed E-state index contributed by atoms with van der Waals surface area (Å²) in [5.41, 5.74) is 0.768. The van der Waals surface area contributed by atoms with Gasteiger partial charge in [-0.2, -0.15) is 0 Å². The minimum atomic E-state index is 0.535. The molecule has 0 spiro atoms. The van der Waals surface area contributed by atoms with Crippen LogP contribution in [0.5, 0.6) is 0 Å². The minimum absolute atomic E-state index is 0.535. The Hall–Kier alpha value is -0.630. The van der Waals surface area contributed by atoms with Gasteiger partial charge in [-0.15, -0.1) is 0 Å². The maximum Gasteiger partial charge on any atom is 0.0795 e. The van der Waals surface area contributed by atoms with Gasteiger partial charge in [-0.25, -0.2) is 0 Å². The lowest BCUT2D eigenvalue weighted by Crippen LogP contribution is -1.88. The van der Waals surface area contributed by atoms with Crippen LogP contribution in [0.4, 0.5) is 0 Å². The van der Waals surface area contributed by atoms with Gasteiger partial charge in [0, 0.05) is 13.2 Å². The van der Waals surface area contributed by atoms with Gasteiger partial charge in [0.15, 0.2) is 0 Å². The molecule has 3 heteroatoms. The van der Waals surface area contributed by atoms with E-state index >= 15 is 0 Å². The van der Waals surface area contributed by atoms with E-state index < -0.39 is 0 Å². The molecule has 0 bridgehead atoms. The lowest BCUT2D eigenvalue weighted by molar-refractivity contribution is 1.42. The van der Waals surface area contributed by atoms with E-state index in [0.29, 0.717) is 5.03 Å². The number of halogens is 1. The van der Waals surface area contributed by atoms with E-state index in [4.69, 9.17) is 11.6 Å². The van der Waals surface area contributed by atoms with Crippen molar-refractivity contribution in [2.45, 2.75) is 6.92 Å². The maximum absolute atomic E-state index is 5.63. The highest BCUT2D eigenvalue weighted by molar-refractivity contribution is 6.43. The molecule has 2 nitrogen and oxygen atoms in total. The Morgan fingerprint density at radius 1 is 1.67 bits per heavy atom. The Morgan fingerprint density at radius 2 is 2.22 bits per heavy atom. The van der Waals surface area contributed by atoms with Gasteiger partial charge in [-0.05, 0) is 13.6 Å². The van der Waals surface area contributed by atoms with E-state index in [-0.39, 0.29) is 0 Å². The molecule has 0 radical (unpaired) electrons. The van der Waals surface area contributed by atoms with Crippen LogP contribution >= 0.6 is 11.6 Å². The number of aliphatic imine (C=N–C) groups is 2. The summed E-state index contributed by atoms with van der Waals surface area (Å²) in [6.07, 6.45) is 1.46. The van der Waals surface area contributed by atoms with E-state index in [1.165, 1.54) is 6.20 Å². The molecule has 9 heavy (non-hydrogen) atoms. The first-order valence-electron chi connectivity index (χ1n) is 2.47. The lowest BCUT2D eigenvalue weighted by Gasteiger charge is -1.91. The van der Waals surface area contributed by atoms with E-state index in [2.05, 4.69) is 16.7 Å². The molecule has 0 aromatic carbocycles. The molecule has 0 saturated carbocycles. The molecule has 0 saturated heterocycles. The molecule has 0 heterocycles. The van der Waals surface area contributed by atoms with Crippen LogP contribution in [0.2, 0.25) is 0 Å². The van der Waals surface area contributed by atoms with Crippen LogP contribution in [0.15, 0.2) is 21.2 Å². The van der Waals surface area contributed by atoms with Gasteiger partial charge < -0.3 is 0 Å². The third kappa shape index (κ3) is 3.03. The van der Waals surface area contributed by atoms with Gasteiger partial charge in [-0.1, -0.05) is 11.6 Å². The zero-order chi connectivity index (χ0) is 7.28. The normalized spacial score (nSPS) is 13.7. The molecule has 0 fully saturated rings. The van der Waals surface area contributed by atoms with Crippen molar-refractivity contribution >= 4 is 24.0 Å². The summed E-state index contributed by atoms with van der Waals surface area (Å²) >= 11 is 5.63. The predicted molar refractivity (Wildman–Crippen MR) is 42.5 cm³/mol. The average Bonchev–Trinajstić information content (AvgIpc) is 1.87. The lowest BCUT2D eigenvalue weighted by atomic mass is 10.4. The van der Waals surface area contributed by atoms with Crippen molar-refractivity contribution in [2.24, 2.45) is 9.98 Å². The van der Waals surface area contributed by atoms with Crippen molar-refractivity contribution in [3.63, 3.8) is 0 Å². The molecule has 0 amide bonds. The zero-order valence-corrected chi connectivity index (χ0v) is 6.31. The molecule has 0 aliphatic rings. The molecular formula is C6H9ClN2. The first kappa shape index (κ1) is 8.37. The molecule has 0 rings (SSSR count). The fraction of sp³-hybridized carbons (Fsp3) is 0.333. The summed E-state index contributed by atoms with van der Waals surface area (Å²) < 4.78 is 0. The largest absolute Gasteiger partial charge is 0.292 e. The summed E-state index contributed by atoms with van der Waals surface area (Å²) in [5, 5.41) is 0.535. The number of allylic oxidation sites excluding steroid dienone is 1. The second kappa shape index (κ2) is 4.27. The minimum Gasteiger partial charge on any atom is -0.292 e. The molecule has 0 aromatic rings. The van der Waals surface area contributed by atoms with Crippen molar-refractivity contribution in [3.8, 4) is 0 Å². The van der Waals surface area contributed by atoms with Crippen LogP contribution < -0.4 is 0 Å². The van der Waals surface area contributed by atoms with Crippen molar-refractivity contribution in [3.05, 3.63) is 11.2 Å². The van der Waals surface area contributed by atoms with Crippen LogP contribution in [-0.4, -0.2) is 19.5 Å². The molecule has 0 aliphatic heterocycles. The van der Waals surface area contributed by atoms with Gasteiger partial charge in [0.1, 0.15) is 0 Å². The Bertz CT molecular complexity index is 158. The number of rotatable bonds is 2. The number of nitrogens with zero attached hydrogens (tertiary/aromatic N) is 2. The summed E-state index contributed by atoms with van der Waals surface area (Å²) in [4.78, 5) is 7.32. The van der Waals surface area contributed by atoms with Crippen LogP contribution in [0.1, 0.15) is 6.92 Å². The van der Waals surface area contributed by atoms with Crippen molar-refractivity contribution in [2.75, 3.05) is 7.05 Å². The van der Waals surface area contributed by atoms with Crippen LogP contribution in [-0.2, 0) is 0 Å². The van der Waals surface area contributed by atoms with Gasteiger partial charge in [-0.3, -0.25) is 9.98 Å². The average molecular weight is 145 g/mol. The highest BCUT2D eigenvalue weighted by Crippen LogP contribution is 2.02. The van der Waals surface area contributed by atoms with Crippen LogP contribution in [0.3, 0.4) is 0 Å². The van der Waals surface area contributed by atoms with E-state index in [1.54, 1.807) is 7.05 Å². The Kier molecular flexibility index (Phi) is 3.97. The monoisotopic (exact) mass is 144 g/mol. The smallest absolute Gasteiger partial charge is 0.0795 e. The summed E-state index contributed by atoms with van der Waals surface area (Å²) in [6.45, 7) is 5.06. The van der Waals surface area contributed by atoms with Gasteiger partial charge in [0.05, 0.1) is 10.7 Å². The first-order chi connectivity index (χ1) is 4.22. The van der Waals surface area contributed by atoms with E-state index in [0.717, 1.165) is 5.71 Å². The molecule has 50 valence electrons. The molecule has 0 N–H and O–H groups in total. The standard InChI is InChI=1S/C6H9ClN2/c1-5(9-3)6(7)4-8-2/h4H,2H2,1,3H3/b6-4+,9-5?. The second-order valence-electron chi connectivity index (χ2n) is 1.47. The maximum atomic E-state index is 5.63. The molecule has 0 aliphatic carbocycles. The van der Waals surface area contributed by atoms with E-state index in [1.807, 2.05) is 6.92 Å². The highest BCUT2D eigenvalue weighted by Gasteiger charge is 1.92. The Morgan fingerprint density at radius 3 is 2.56 bits per heavy atom. The Balaban J connectivity index is 4.19. The first-order valence-corrected chi connectivity index (χ1v) is 2.85. The van der Waals surface area contributed by atoms with Gasteiger partial charge in [0.2, 0.25) is 0 Å². The molecule has 0 aromatic heterocycles. The predicted octanol–water partition coefficient (Wildman–Crippen LogP) is 1.86. The summed E-state index contributed by atoms with van der Waals surface area (Å²) in [5.74, 6) is 0. The second-order valence-corrected chi connectivity index (χ2v) is 1.88. The fourth-order valence-corrected chi connectivity index (χ4v) is 0.434. The van der Waals surface area contributed by atoms with Crippen LogP contribution in [0.25, 0.3) is 0 Å². The highest BCUT2D eigenvalue weighted by atomic mass is 35.5. The van der Waals surface area contributed by atoms with Crippen LogP contribution in [0, 0.1) is 0 Å². The summed E-state index contributed by atoms with van der Waals surface area (Å²) in [7, 11) is 1.68. The number of hydrogen-bond acceptors (Lipinski definition) is 2. The summed E-state index contributed by atoms with van der Waals surface area (Å²) in [6, 6.07) is 0. The molecule has 0 atom stereocenters.